The summed E-state index contributed by atoms with van der Waals surface area (Å²) < 4.78 is 10.1. The van der Waals surface area contributed by atoms with Crippen molar-refractivity contribution in [1.29, 1.82) is 0 Å². The molecule has 0 aromatic carbocycles. The smallest absolute Gasteiger partial charge is 0.311 e. The first kappa shape index (κ1) is 30.9. The fourth-order valence-electron chi connectivity index (χ4n) is 5.16. The third kappa shape index (κ3) is 8.97. The molecule has 0 saturated heterocycles. The van der Waals surface area contributed by atoms with Gasteiger partial charge in [0.1, 0.15) is 0 Å². The summed E-state index contributed by atoms with van der Waals surface area (Å²) in [7, 11) is 2.54. The van der Waals surface area contributed by atoms with Crippen LogP contribution in [0.3, 0.4) is 0 Å². The van der Waals surface area contributed by atoms with Crippen LogP contribution in [0.15, 0.2) is 0 Å². The Bertz CT molecular complexity index is 701. The van der Waals surface area contributed by atoms with E-state index in [2.05, 4.69) is 0 Å². The number of carboxylic acid groups (broad SMARTS) is 2. The van der Waals surface area contributed by atoms with Crippen molar-refractivity contribution in [2.24, 2.45) is 34.0 Å². The topological polar surface area (TPSA) is 127 Å². The van der Waals surface area contributed by atoms with E-state index in [-0.39, 0.29) is 24.2 Å². The lowest BCUT2D eigenvalue weighted by Gasteiger charge is -2.39. The largest absolute Gasteiger partial charge is 0.481 e. The van der Waals surface area contributed by atoms with Crippen molar-refractivity contribution in [2.45, 2.75) is 87.0 Å². The molecule has 0 bridgehead atoms. The molecule has 0 amide bonds. The number of carbonyl (C=O) groups excluding carboxylic acids is 2. The van der Waals surface area contributed by atoms with E-state index in [1.54, 1.807) is 13.8 Å². The van der Waals surface area contributed by atoms with Gasteiger partial charge >= 0.3 is 23.9 Å². The van der Waals surface area contributed by atoms with E-state index >= 15 is 0 Å². The van der Waals surface area contributed by atoms with E-state index in [9.17, 15) is 29.4 Å². The van der Waals surface area contributed by atoms with E-state index in [0.717, 1.165) is 0 Å². The minimum atomic E-state index is -1.19. The number of aliphatic carboxylic acids is 2. The molecule has 0 fully saturated rings. The number of hydrogen-bond donors (Lipinski definition) is 2. The quantitative estimate of drug-likeness (QED) is 0.326. The van der Waals surface area contributed by atoms with E-state index in [0.29, 0.717) is 25.7 Å². The Morgan fingerprint density at radius 1 is 0.788 bits per heavy atom. The standard InChI is InChI=1S/C25H44O8/c1-10-18(20(28)29)16(2)13-23(4,5)11-12-24(6,21(30)32-8)15-25(7,22(31)33-9)14-17(3)19(26)27/h16-18H,10-15H2,1-9H3,(H,26,27)(H,28,29). The lowest BCUT2D eigenvalue weighted by atomic mass is 9.65. The highest BCUT2D eigenvalue weighted by atomic mass is 16.5. The van der Waals surface area contributed by atoms with Gasteiger partial charge in [-0.2, -0.15) is 0 Å². The predicted molar refractivity (Wildman–Crippen MR) is 124 cm³/mol. The first-order valence-electron chi connectivity index (χ1n) is 11.6. The number of carboxylic acids is 2. The van der Waals surface area contributed by atoms with Crippen LogP contribution in [-0.4, -0.2) is 48.3 Å². The Kier molecular flexibility index (Phi) is 11.6. The van der Waals surface area contributed by atoms with E-state index in [4.69, 9.17) is 9.47 Å². The van der Waals surface area contributed by atoms with Crippen molar-refractivity contribution >= 4 is 23.9 Å². The Balaban J connectivity index is 5.78. The second-order valence-corrected chi connectivity index (χ2v) is 10.9. The molecule has 0 aromatic rings. The van der Waals surface area contributed by atoms with Gasteiger partial charge in [-0.3, -0.25) is 19.2 Å². The third-order valence-electron chi connectivity index (χ3n) is 6.99. The van der Waals surface area contributed by atoms with Gasteiger partial charge in [0.15, 0.2) is 0 Å². The number of esters is 2. The predicted octanol–water partition coefficient (Wildman–Crippen LogP) is 4.79. The molecule has 0 aliphatic carbocycles. The van der Waals surface area contributed by atoms with Crippen LogP contribution in [0, 0.1) is 34.0 Å². The van der Waals surface area contributed by atoms with Crippen molar-refractivity contribution in [1.82, 2.24) is 0 Å². The minimum Gasteiger partial charge on any atom is -0.481 e. The first-order valence-corrected chi connectivity index (χ1v) is 11.6. The van der Waals surface area contributed by atoms with Crippen LogP contribution in [0.2, 0.25) is 0 Å². The molecular weight excluding hydrogens is 428 g/mol. The van der Waals surface area contributed by atoms with Gasteiger partial charge in [0.25, 0.3) is 0 Å². The summed E-state index contributed by atoms with van der Waals surface area (Å²) in [6.45, 7) is 12.8. The molecule has 33 heavy (non-hydrogen) atoms. The first-order chi connectivity index (χ1) is 15.0. The highest BCUT2D eigenvalue weighted by molar-refractivity contribution is 5.81. The van der Waals surface area contributed by atoms with Gasteiger partial charge in [-0.05, 0) is 63.7 Å². The molecule has 0 heterocycles. The molecule has 5 unspecified atom stereocenters. The van der Waals surface area contributed by atoms with E-state index in [1.165, 1.54) is 21.1 Å². The summed E-state index contributed by atoms with van der Waals surface area (Å²) >= 11 is 0. The van der Waals surface area contributed by atoms with Crippen LogP contribution in [0.1, 0.15) is 87.0 Å². The molecule has 0 spiro atoms. The van der Waals surface area contributed by atoms with Crippen LogP contribution >= 0.6 is 0 Å². The van der Waals surface area contributed by atoms with Gasteiger partial charge in [-0.25, -0.2) is 0 Å². The number of ether oxygens (including phenoxy) is 2. The summed E-state index contributed by atoms with van der Waals surface area (Å²) in [5.74, 6) is -4.13. The summed E-state index contributed by atoms with van der Waals surface area (Å²) in [5, 5.41) is 18.8. The molecule has 192 valence electrons. The fourth-order valence-corrected chi connectivity index (χ4v) is 5.16. The SMILES string of the molecule is CCC(C(=O)O)C(C)CC(C)(C)CCC(C)(CC(C)(CC(C)C(=O)O)C(=O)OC)C(=O)OC. The number of methoxy groups -OCH3 is 2. The van der Waals surface area contributed by atoms with Gasteiger partial charge in [-0.15, -0.1) is 0 Å². The summed E-state index contributed by atoms with van der Waals surface area (Å²) in [6.07, 6.45) is 2.32. The van der Waals surface area contributed by atoms with E-state index in [1.807, 2.05) is 27.7 Å². The Hall–Kier alpha value is -2.12. The van der Waals surface area contributed by atoms with Crippen molar-refractivity contribution in [2.75, 3.05) is 14.2 Å². The van der Waals surface area contributed by atoms with Crippen LogP contribution < -0.4 is 0 Å². The molecule has 0 aliphatic heterocycles. The second kappa shape index (κ2) is 12.4. The van der Waals surface area contributed by atoms with Crippen molar-refractivity contribution < 1.29 is 38.9 Å². The zero-order valence-electron chi connectivity index (χ0n) is 21.8. The highest BCUT2D eigenvalue weighted by Gasteiger charge is 2.47. The maximum Gasteiger partial charge on any atom is 0.311 e. The third-order valence-corrected chi connectivity index (χ3v) is 6.99. The Labute approximate surface area is 198 Å². The summed E-state index contributed by atoms with van der Waals surface area (Å²) in [4.78, 5) is 48.5. The second-order valence-electron chi connectivity index (χ2n) is 10.9. The van der Waals surface area contributed by atoms with Crippen LogP contribution in [0.4, 0.5) is 0 Å². The average molecular weight is 473 g/mol. The van der Waals surface area contributed by atoms with Crippen LogP contribution in [-0.2, 0) is 28.7 Å². The maximum atomic E-state index is 12.9. The molecule has 0 saturated carbocycles. The Morgan fingerprint density at radius 2 is 1.27 bits per heavy atom. The molecule has 5 atom stereocenters. The summed E-state index contributed by atoms with van der Waals surface area (Å²) in [5.41, 5.74) is -2.50. The maximum absolute atomic E-state index is 12.9. The summed E-state index contributed by atoms with van der Waals surface area (Å²) in [6, 6.07) is 0. The van der Waals surface area contributed by atoms with Gasteiger partial charge in [0, 0.05) is 0 Å². The van der Waals surface area contributed by atoms with Crippen LogP contribution in [0.25, 0.3) is 0 Å². The monoisotopic (exact) mass is 472 g/mol. The Morgan fingerprint density at radius 3 is 1.67 bits per heavy atom. The van der Waals surface area contributed by atoms with Crippen molar-refractivity contribution in [3.63, 3.8) is 0 Å². The average Bonchev–Trinajstić information content (AvgIpc) is 2.70. The lowest BCUT2D eigenvalue weighted by molar-refractivity contribution is -0.163. The molecular formula is C25H44O8. The van der Waals surface area contributed by atoms with Gasteiger partial charge in [0.05, 0.1) is 36.9 Å². The van der Waals surface area contributed by atoms with Crippen molar-refractivity contribution in [3.05, 3.63) is 0 Å². The molecule has 8 nitrogen and oxygen atoms in total. The fraction of sp³-hybridized carbons (Fsp3) is 0.840. The van der Waals surface area contributed by atoms with Gasteiger partial charge in [-0.1, -0.05) is 34.6 Å². The zero-order chi connectivity index (χ0) is 26.2. The molecule has 0 aromatic heterocycles. The minimum absolute atomic E-state index is 0.0266. The number of carbonyl (C=O) groups is 4. The highest BCUT2D eigenvalue weighted by Crippen LogP contribution is 2.46. The van der Waals surface area contributed by atoms with Gasteiger partial charge < -0.3 is 19.7 Å². The lowest BCUT2D eigenvalue weighted by Crippen LogP contribution is -2.42. The number of hydrogen-bond acceptors (Lipinski definition) is 6. The van der Waals surface area contributed by atoms with Crippen molar-refractivity contribution in [3.8, 4) is 0 Å². The normalized spacial score (nSPS) is 18.2. The molecule has 0 aliphatic rings. The molecule has 2 N–H and O–H groups in total. The van der Waals surface area contributed by atoms with E-state index < -0.39 is 46.5 Å². The number of rotatable bonds is 15. The van der Waals surface area contributed by atoms with Crippen LogP contribution in [0.5, 0.6) is 0 Å². The van der Waals surface area contributed by atoms with Gasteiger partial charge in [0.2, 0.25) is 0 Å². The molecule has 0 rings (SSSR count). The molecule has 0 radical (unpaired) electrons. The molecule has 8 heteroatoms. The zero-order valence-corrected chi connectivity index (χ0v) is 21.8.